The lowest BCUT2D eigenvalue weighted by atomic mass is 9.98. The maximum absolute atomic E-state index is 12.9. The molecule has 0 spiro atoms. The van der Waals surface area contributed by atoms with E-state index in [1.165, 1.54) is 15.3 Å². The number of nitrogens with zero attached hydrogens (tertiary/aromatic N) is 1. The summed E-state index contributed by atoms with van der Waals surface area (Å²) in [5.41, 5.74) is 2.08. The van der Waals surface area contributed by atoms with Crippen molar-refractivity contribution in [2.45, 2.75) is 25.8 Å². The maximum atomic E-state index is 12.9. The van der Waals surface area contributed by atoms with E-state index in [9.17, 15) is 4.79 Å². The second-order valence-electron chi connectivity index (χ2n) is 6.83. The molecular formula is C22H24N2O2S2. The molecule has 1 aromatic carbocycles. The first kappa shape index (κ1) is 19.2. The Hall–Kier alpha value is -2.15. The third-order valence-corrected chi connectivity index (χ3v) is 6.77. The minimum absolute atomic E-state index is 0.00668. The van der Waals surface area contributed by atoms with Gasteiger partial charge < -0.3 is 10.1 Å². The largest absolute Gasteiger partial charge is 0.491 e. The number of fused-ring (bicyclic) bond motifs is 1. The Morgan fingerprint density at radius 2 is 2.07 bits per heavy atom. The van der Waals surface area contributed by atoms with Crippen molar-refractivity contribution in [2.75, 3.05) is 25.0 Å². The number of nitrogens with one attached hydrogen (secondary N) is 1. The van der Waals surface area contributed by atoms with Gasteiger partial charge in [-0.3, -0.25) is 9.69 Å². The second-order valence-corrected chi connectivity index (χ2v) is 8.81. The molecule has 28 heavy (non-hydrogen) atoms. The monoisotopic (exact) mass is 412 g/mol. The predicted molar refractivity (Wildman–Crippen MR) is 117 cm³/mol. The van der Waals surface area contributed by atoms with Crippen LogP contribution >= 0.6 is 22.7 Å². The predicted octanol–water partition coefficient (Wildman–Crippen LogP) is 5.18. The lowest BCUT2D eigenvalue weighted by Gasteiger charge is -2.34. The van der Waals surface area contributed by atoms with Crippen LogP contribution in [0.5, 0.6) is 5.75 Å². The molecule has 2 aromatic heterocycles. The van der Waals surface area contributed by atoms with Gasteiger partial charge in [0.1, 0.15) is 5.75 Å². The number of thiophene rings is 2. The molecule has 1 unspecified atom stereocenters. The molecule has 1 aliphatic rings. The smallest absolute Gasteiger partial charge is 0.238 e. The average Bonchev–Trinajstić information content (AvgIpc) is 3.39. The summed E-state index contributed by atoms with van der Waals surface area (Å²) in [6, 6.07) is 14.3. The SMILES string of the molecule is CCCOc1ccccc1NC(=O)CN1CCc2sccc2C1c1cccs1. The van der Waals surface area contributed by atoms with Gasteiger partial charge in [0.15, 0.2) is 0 Å². The Labute approximate surface area is 173 Å². The Balaban J connectivity index is 1.50. The number of rotatable bonds is 7. The van der Waals surface area contributed by atoms with Crippen LogP contribution in [0.4, 0.5) is 5.69 Å². The standard InChI is InChI=1S/C22H24N2O2S2/c1-2-12-26-18-7-4-3-6-17(18)23-21(25)15-24-11-9-19-16(10-14-28-19)22(24)20-8-5-13-27-20/h3-8,10,13-14,22H,2,9,11-12,15H2,1H3,(H,23,25). The molecule has 1 N–H and O–H groups in total. The van der Waals surface area contributed by atoms with Gasteiger partial charge in [-0.05, 0) is 53.4 Å². The summed E-state index contributed by atoms with van der Waals surface area (Å²) in [6.45, 7) is 3.96. The zero-order chi connectivity index (χ0) is 19.3. The zero-order valence-electron chi connectivity index (χ0n) is 15.9. The molecule has 0 saturated heterocycles. The third-order valence-electron chi connectivity index (χ3n) is 4.85. The first-order valence-corrected chi connectivity index (χ1v) is 11.4. The molecule has 6 heteroatoms. The third kappa shape index (κ3) is 4.14. The fourth-order valence-corrected chi connectivity index (χ4v) is 5.38. The van der Waals surface area contributed by atoms with Gasteiger partial charge >= 0.3 is 0 Å². The minimum Gasteiger partial charge on any atom is -0.491 e. The second kappa shape index (κ2) is 8.90. The van der Waals surface area contributed by atoms with E-state index in [1.54, 1.807) is 11.3 Å². The first-order chi connectivity index (χ1) is 13.8. The van der Waals surface area contributed by atoms with Crippen molar-refractivity contribution in [3.8, 4) is 5.75 Å². The Kier molecular flexibility index (Phi) is 6.10. The van der Waals surface area contributed by atoms with Crippen LogP contribution in [0, 0.1) is 0 Å². The summed E-state index contributed by atoms with van der Waals surface area (Å²) in [5, 5.41) is 7.32. The highest BCUT2D eigenvalue weighted by molar-refractivity contribution is 7.10. The van der Waals surface area contributed by atoms with E-state index < -0.39 is 0 Å². The number of anilines is 1. The van der Waals surface area contributed by atoms with Crippen LogP contribution in [0.25, 0.3) is 0 Å². The van der Waals surface area contributed by atoms with Crippen molar-refractivity contribution in [3.63, 3.8) is 0 Å². The van der Waals surface area contributed by atoms with Gasteiger partial charge in [-0.1, -0.05) is 25.1 Å². The Morgan fingerprint density at radius 1 is 1.18 bits per heavy atom. The fourth-order valence-electron chi connectivity index (χ4n) is 3.60. The molecule has 1 amide bonds. The van der Waals surface area contributed by atoms with Crippen LogP contribution in [0.2, 0.25) is 0 Å². The maximum Gasteiger partial charge on any atom is 0.238 e. The van der Waals surface area contributed by atoms with E-state index in [0.717, 1.165) is 30.8 Å². The fraction of sp³-hybridized carbons (Fsp3) is 0.318. The normalized spacial score (nSPS) is 16.5. The van der Waals surface area contributed by atoms with Crippen molar-refractivity contribution < 1.29 is 9.53 Å². The lowest BCUT2D eigenvalue weighted by Crippen LogP contribution is -2.40. The van der Waals surface area contributed by atoms with E-state index in [4.69, 9.17) is 4.74 Å². The molecule has 3 heterocycles. The average molecular weight is 413 g/mol. The number of carbonyl (C=O) groups is 1. The molecule has 4 nitrogen and oxygen atoms in total. The summed E-state index contributed by atoms with van der Waals surface area (Å²) in [4.78, 5) is 17.9. The molecule has 0 aliphatic carbocycles. The van der Waals surface area contributed by atoms with Crippen LogP contribution < -0.4 is 10.1 Å². The molecule has 0 bridgehead atoms. The Morgan fingerprint density at radius 3 is 2.89 bits per heavy atom. The highest BCUT2D eigenvalue weighted by Gasteiger charge is 2.31. The molecule has 1 atom stereocenters. The highest BCUT2D eigenvalue weighted by atomic mass is 32.1. The zero-order valence-corrected chi connectivity index (χ0v) is 17.5. The topological polar surface area (TPSA) is 41.6 Å². The van der Waals surface area contributed by atoms with E-state index in [1.807, 2.05) is 35.6 Å². The summed E-state index contributed by atoms with van der Waals surface area (Å²) < 4.78 is 5.77. The number of ether oxygens (including phenoxy) is 1. The van der Waals surface area contributed by atoms with Gasteiger partial charge in [-0.15, -0.1) is 22.7 Å². The van der Waals surface area contributed by atoms with Crippen molar-refractivity contribution in [1.29, 1.82) is 0 Å². The molecule has 146 valence electrons. The van der Waals surface area contributed by atoms with Crippen molar-refractivity contribution >= 4 is 34.3 Å². The van der Waals surface area contributed by atoms with Crippen LogP contribution in [-0.2, 0) is 11.2 Å². The molecule has 4 rings (SSSR count). The molecule has 0 saturated carbocycles. The molecule has 0 fully saturated rings. The van der Waals surface area contributed by atoms with Crippen molar-refractivity contribution in [3.05, 3.63) is 68.5 Å². The van der Waals surface area contributed by atoms with Gasteiger partial charge in [-0.2, -0.15) is 0 Å². The van der Waals surface area contributed by atoms with E-state index >= 15 is 0 Å². The van der Waals surface area contributed by atoms with E-state index in [0.29, 0.717) is 13.2 Å². The van der Waals surface area contributed by atoms with Crippen molar-refractivity contribution in [1.82, 2.24) is 4.90 Å². The number of carbonyl (C=O) groups excluding carboxylic acids is 1. The van der Waals surface area contributed by atoms with Gasteiger partial charge in [0.05, 0.1) is 24.9 Å². The quantitative estimate of drug-likeness (QED) is 0.581. The molecule has 0 radical (unpaired) electrons. The van der Waals surface area contributed by atoms with Crippen molar-refractivity contribution in [2.24, 2.45) is 0 Å². The Bertz CT molecular complexity index is 920. The molecule has 3 aromatic rings. The summed E-state index contributed by atoms with van der Waals surface area (Å²) in [7, 11) is 0. The first-order valence-electron chi connectivity index (χ1n) is 9.61. The number of para-hydroxylation sites is 2. The lowest BCUT2D eigenvalue weighted by molar-refractivity contribution is -0.117. The minimum atomic E-state index is -0.00668. The molecular weight excluding hydrogens is 388 g/mol. The number of hydrogen-bond acceptors (Lipinski definition) is 5. The van der Waals surface area contributed by atoms with Gasteiger partial charge in [-0.25, -0.2) is 0 Å². The number of hydrogen-bond donors (Lipinski definition) is 1. The molecule has 1 aliphatic heterocycles. The van der Waals surface area contributed by atoms with E-state index in [-0.39, 0.29) is 11.9 Å². The summed E-state index contributed by atoms with van der Waals surface area (Å²) in [6.07, 6.45) is 1.93. The van der Waals surface area contributed by atoms with Crippen LogP contribution in [-0.4, -0.2) is 30.5 Å². The van der Waals surface area contributed by atoms with Crippen LogP contribution in [0.1, 0.15) is 34.7 Å². The highest BCUT2D eigenvalue weighted by Crippen LogP contribution is 2.39. The number of amides is 1. The number of benzene rings is 1. The van der Waals surface area contributed by atoms with Crippen LogP contribution in [0.15, 0.2) is 53.2 Å². The van der Waals surface area contributed by atoms with Gasteiger partial charge in [0.25, 0.3) is 0 Å². The van der Waals surface area contributed by atoms with Crippen LogP contribution in [0.3, 0.4) is 0 Å². The summed E-state index contributed by atoms with van der Waals surface area (Å²) in [5.74, 6) is 0.721. The van der Waals surface area contributed by atoms with Gasteiger partial charge in [0.2, 0.25) is 5.91 Å². The van der Waals surface area contributed by atoms with Gasteiger partial charge in [0, 0.05) is 16.3 Å². The van der Waals surface area contributed by atoms with E-state index in [2.05, 4.69) is 46.1 Å². The summed E-state index contributed by atoms with van der Waals surface area (Å²) >= 11 is 3.57.